The Morgan fingerprint density at radius 3 is 2.65 bits per heavy atom. The highest BCUT2D eigenvalue weighted by Crippen LogP contribution is 2.34. The van der Waals surface area contributed by atoms with E-state index >= 15 is 0 Å². The number of fused-ring (bicyclic) bond motifs is 1. The third kappa shape index (κ3) is 2.40. The minimum atomic E-state index is 0.375. The minimum absolute atomic E-state index is 0.375. The largest absolute Gasteiger partial charge is 0.274 e. The second-order valence-electron chi connectivity index (χ2n) is 5.71. The lowest BCUT2D eigenvalue weighted by Gasteiger charge is -2.33. The number of unbranched alkanes of at least 4 members (excludes halogenated alkanes) is 1. The maximum Gasteiger partial charge on any atom is 0.239 e. The van der Waals surface area contributed by atoms with Crippen molar-refractivity contribution in [3.63, 3.8) is 0 Å². The number of rotatable bonds is 4. The third-order valence-electron chi connectivity index (χ3n) is 4.37. The molecule has 0 aliphatic carbocycles. The van der Waals surface area contributed by atoms with E-state index in [1.54, 1.807) is 0 Å². The molecule has 0 radical (unpaired) electrons. The van der Waals surface area contributed by atoms with Gasteiger partial charge in [-0.2, -0.15) is 4.98 Å². The molecule has 0 spiro atoms. The van der Waals surface area contributed by atoms with Crippen LogP contribution in [0.4, 0.5) is 5.82 Å². The van der Waals surface area contributed by atoms with Gasteiger partial charge in [0.25, 0.3) is 0 Å². The maximum atomic E-state index is 6.17. The van der Waals surface area contributed by atoms with Gasteiger partial charge in [-0.1, -0.05) is 25.5 Å². The average Bonchev–Trinajstić information content (AvgIpc) is 2.94. The Labute approximate surface area is 125 Å². The van der Waals surface area contributed by atoms with Gasteiger partial charge in [0.15, 0.2) is 0 Å². The zero-order valence-corrected chi connectivity index (χ0v) is 12.7. The Bertz CT molecular complexity index is 606. The summed E-state index contributed by atoms with van der Waals surface area (Å²) in [7, 11) is 0. The highest BCUT2D eigenvalue weighted by molar-refractivity contribution is 6.28. The molecule has 0 bridgehead atoms. The first-order valence-electron chi connectivity index (χ1n) is 7.54. The summed E-state index contributed by atoms with van der Waals surface area (Å²) >= 11 is 6.17. The summed E-state index contributed by atoms with van der Waals surface area (Å²) in [6, 6.07) is 8.23. The van der Waals surface area contributed by atoms with Crippen LogP contribution in [0.25, 0.3) is 10.9 Å². The minimum Gasteiger partial charge on any atom is -0.274 e. The van der Waals surface area contributed by atoms with Crippen molar-refractivity contribution in [1.29, 1.82) is 0 Å². The van der Waals surface area contributed by atoms with E-state index in [0.717, 1.165) is 27.7 Å². The van der Waals surface area contributed by atoms with Crippen LogP contribution in [-0.4, -0.2) is 29.6 Å². The van der Waals surface area contributed by atoms with Gasteiger partial charge in [0, 0.05) is 12.8 Å². The van der Waals surface area contributed by atoms with Crippen LogP contribution in [0.2, 0.25) is 5.28 Å². The molecule has 2 aromatic rings. The Balaban J connectivity index is 2.15. The standard InChI is InChI=1S/C16H21ClN3/c1-2-3-10-20(11-6-7-12-20)15-13-8-4-5-9-14(13)18-16(17)19-15/h4-5,8-9H,2-3,6-7,10-12H2,1H3/q+1. The van der Waals surface area contributed by atoms with Crippen LogP contribution in [0.1, 0.15) is 32.6 Å². The van der Waals surface area contributed by atoms with Crippen LogP contribution in [0.15, 0.2) is 24.3 Å². The molecule has 20 heavy (non-hydrogen) atoms. The molecular weight excluding hydrogens is 270 g/mol. The van der Waals surface area contributed by atoms with Crippen LogP contribution >= 0.6 is 11.6 Å². The highest BCUT2D eigenvalue weighted by Gasteiger charge is 2.37. The van der Waals surface area contributed by atoms with Crippen LogP contribution in [-0.2, 0) is 0 Å². The Hall–Kier alpha value is -1.19. The van der Waals surface area contributed by atoms with Crippen molar-refractivity contribution in [2.24, 2.45) is 0 Å². The Kier molecular flexibility index (Phi) is 3.90. The fraction of sp³-hybridized carbons (Fsp3) is 0.500. The summed E-state index contributed by atoms with van der Waals surface area (Å²) in [5.74, 6) is 1.13. The van der Waals surface area contributed by atoms with Gasteiger partial charge in [0.05, 0.1) is 30.5 Å². The van der Waals surface area contributed by atoms with Gasteiger partial charge in [-0.3, -0.25) is 4.48 Å². The van der Waals surface area contributed by atoms with E-state index in [4.69, 9.17) is 11.6 Å². The first kappa shape index (κ1) is 13.8. The van der Waals surface area contributed by atoms with E-state index in [0.29, 0.717) is 5.28 Å². The predicted octanol–water partition coefficient (Wildman–Crippen LogP) is 4.18. The zero-order valence-electron chi connectivity index (χ0n) is 12.0. The molecule has 3 nitrogen and oxygen atoms in total. The number of para-hydroxylation sites is 1. The number of quaternary nitrogens is 1. The number of hydrogen-bond donors (Lipinski definition) is 0. The summed E-state index contributed by atoms with van der Waals surface area (Å²) in [5, 5.41) is 1.54. The summed E-state index contributed by atoms with van der Waals surface area (Å²) in [5.41, 5.74) is 0.961. The average molecular weight is 291 g/mol. The smallest absolute Gasteiger partial charge is 0.239 e. The molecule has 1 aromatic carbocycles. The number of aromatic nitrogens is 2. The Morgan fingerprint density at radius 2 is 1.90 bits per heavy atom. The lowest BCUT2D eigenvalue weighted by Crippen LogP contribution is -2.48. The number of halogens is 1. The van der Waals surface area contributed by atoms with Crippen molar-refractivity contribution in [3.8, 4) is 0 Å². The van der Waals surface area contributed by atoms with E-state index in [2.05, 4.69) is 29.0 Å². The molecule has 1 saturated heterocycles. The van der Waals surface area contributed by atoms with Gasteiger partial charge in [-0.25, -0.2) is 4.98 Å². The van der Waals surface area contributed by atoms with Crippen molar-refractivity contribution in [2.75, 3.05) is 19.6 Å². The molecule has 3 rings (SSSR count). The molecule has 0 atom stereocenters. The molecule has 1 aliphatic heterocycles. The van der Waals surface area contributed by atoms with Gasteiger partial charge < -0.3 is 0 Å². The van der Waals surface area contributed by atoms with Crippen LogP contribution in [0, 0.1) is 0 Å². The van der Waals surface area contributed by atoms with E-state index in [1.807, 2.05) is 12.1 Å². The molecule has 4 heteroatoms. The van der Waals surface area contributed by atoms with Gasteiger partial charge >= 0.3 is 0 Å². The second-order valence-corrected chi connectivity index (χ2v) is 6.05. The predicted molar refractivity (Wildman–Crippen MR) is 85.1 cm³/mol. The van der Waals surface area contributed by atoms with E-state index < -0.39 is 0 Å². The quantitative estimate of drug-likeness (QED) is 0.623. The number of likely N-dealkylation sites (tertiary alicyclic amines) is 1. The van der Waals surface area contributed by atoms with Crippen molar-refractivity contribution >= 4 is 28.3 Å². The molecule has 0 N–H and O–H groups in total. The van der Waals surface area contributed by atoms with Gasteiger partial charge in [-0.05, 0) is 30.2 Å². The van der Waals surface area contributed by atoms with Crippen LogP contribution in [0.5, 0.6) is 0 Å². The first-order chi connectivity index (χ1) is 9.75. The zero-order chi connectivity index (χ0) is 14.0. The Morgan fingerprint density at radius 1 is 1.15 bits per heavy atom. The van der Waals surface area contributed by atoms with Crippen LogP contribution < -0.4 is 4.48 Å². The van der Waals surface area contributed by atoms with Crippen molar-refractivity contribution in [2.45, 2.75) is 32.6 Å². The van der Waals surface area contributed by atoms with Crippen molar-refractivity contribution in [1.82, 2.24) is 14.5 Å². The third-order valence-corrected chi connectivity index (χ3v) is 4.54. The van der Waals surface area contributed by atoms with Gasteiger partial charge in [-0.15, -0.1) is 0 Å². The molecule has 2 heterocycles. The normalized spacial score (nSPS) is 17.7. The lowest BCUT2D eigenvalue weighted by molar-refractivity contribution is 0.321. The maximum absolute atomic E-state index is 6.17. The molecule has 1 aliphatic rings. The molecule has 1 aromatic heterocycles. The molecule has 106 valence electrons. The second kappa shape index (κ2) is 5.66. The molecule has 0 unspecified atom stereocenters. The van der Waals surface area contributed by atoms with Gasteiger partial charge in [0.1, 0.15) is 0 Å². The first-order valence-corrected chi connectivity index (χ1v) is 7.92. The van der Waals surface area contributed by atoms with Gasteiger partial charge in [0.2, 0.25) is 11.1 Å². The molecular formula is C16H21ClN3+. The van der Waals surface area contributed by atoms with Crippen molar-refractivity contribution in [3.05, 3.63) is 29.5 Å². The summed E-state index contributed by atoms with van der Waals surface area (Å²) in [4.78, 5) is 9.00. The van der Waals surface area contributed by atoms with Crippen LogP contribution in [0.3, 0.4) is 0 Å². The molecule has 1 fully saturated rings. The summed E-state index contributed by atoms with van der Waals surface area (Å²) in [6.07, 6.45) is 5.01. The molecule has 0 amide bonds. The summed E-state index contributed by atoms with van der Waals surface area (Å²) < 4.78 is 0.983. The molecule has 0 saturated carbocycles. The number of hydrogen-bond acceptors (Lipinski definition) is 2. The monoisotopic (exact) mass is 290 g/mol. The SMILES string of the molecule is CCCC[N+]1(c2nc(Cl)nc3ccccc23)CCCC1. The van der Waals surface area contributed by atoms with E-state index in [1.165, 1.54) is 38.8 Å². The van der Waals surface area contributed by atoms with Crippen molar-refractivity contribution < 1.29 is 0 Å². The number of benzene rings is 1. The fourth-order valence-corrected chi connectivity index (χ4v) is 3.51. The topological polar surface area (TPSA) is 25.8 Å². The van der Waals surface area contributed by atoms with E-state index in [-0.39, 0.29) is 0 Å². The fourth-order valence-electron chi connectivity index (χ4n) is 3.34. The highest BCUT2D eigenvalue weighted by atomic mass is 35.5. The lowest BCUT2D eigenvalue weighted by atomic mass is 10.2. The number of nitrogens with zero attached hydrogens (tertiary/aromatic N) is 3. The summed E-state index contributed by atoms with van der Waals surface area (Å²) in [6.45, 7) is 5.76. The van der Waals surface area contributed by atoms with E-state index in [9.17, 15) is 0 Å².